The van der Waals surface area contributed by atoms with Gasteiger partial charge in [0.05, 0.1) is 0 Å². The molecule has 70 valence electrons. The average Bonchev–Trinajstić information content (AvgIpc) is 2.16. The Morgan fingerprint density at radius 2 is 2.31 bits per heavy atom. The van der Waals surface area contributed by atoms with Gasteiger partial charge in [0.1, 0.15) is 0 Å². The van der Waals surface area contributed by atoms with Gasteiger partial charge in [0.25, 0.3) is 0 Å². The van der Waals surface area contributed by atoms with Crippen LogP contribution in [0.3, 0.4) is 0 Å². The van der Waals surface area contributed by atoms with Crippen LogP contribution in [0.4, 0.5) is 5.82 Å². The molecule has 4 nitrogen and oxygen atoms in total. The van der Waals surface area contributed by atoms with Crippen LogP contribution in [0, 0.1) is 0 Å². The van der Waals surface area contributed by atoms with Crippen molar-refractivity contribution in [1.82, 2.24) is 10.2 Å². The van der Waals surface area contributed by atoms with Crippen LogP contribution in [-0.2, 0) is 0 Å². The SMILES string of the molecule is CCC(C)=NNc1ccc(Cl)nn1. The standard InChI is InChI=1S/C8H11ClN4/c1-3-6(2)10-12-8-5-4-7(9)11-13-8/h4-5H,3H2,1-2H3,(H,12,13). The number of hydrogen-bond acceptors (Lipinski definition) is 4. The summed E-state index contributed by atoms with van der Waals surface area (Å²) in [4.78, 5) is 0. The van der Waals surface area contributed by atoms with Crippen molar-refractivity contribution < 1.29 is 0 Å². The van der Waals surface area contributed by atoms with Crippen molar-refractivity contribution in [3.05, 3.63) is 17.3 Å². The molecule has 0 aliphatic rings. The smallest absolute Gasteiger partial charge is 0.168 e. The van der Waals surface area contributed by atoms with E-state index in [-0.39, 0.29) is 0 Å². The molecule has 0 spiro atoms. The van der Waals surface area contributed by atoms with Crippen molar-refractivity contribution in [2.24, 2.45) is 5.10 Å². The number of nitrogens with one attached hydrogen (secondary N) is 1. The van der Waals surface area contributed by atoms with Crippen molar-refractivity contribution in [2.75, 3.05) is 5.43 Å². The summed E-state index contributed by atoms with van der Waals surface area (Å²) in [5.74, 6) is 0.595. The molecular weight excluding hydrogens is 188 g/mol. The number of halogens is 1. The molecule has 0 bridgehead atoms. The van der Waals surface area contributed by atoms with Gasteiger partial charge in [-0.15, -0.1) is 10.2 Å². The second-order valence-electron chi connectivity index (χ2n) is 2.55. The number of hydrazone groups is 1. The van der Waals surface area contributed by atoms with Crippen molar-refractivity contribution in [1.29, 1.82) is 0 Å². The molecule has 0 radical (unpaired) electrons. The van der Waals surface area contributed by atoms with Gasteiger partial charge in [-0.1, -0.05) is 18.5 Å². The zero-order chi connectivity index (χ0) is 9.68. The maximum Gasteiger partial charge on any atom is 0.168 e. The van der Waals surface area contributed by atoms with Crippen molar-refractivity contribution in [2.45, 2.75) is 20.3 Å². The number of nitrogens with zero attached hydrogens (tertiary/aromatic N) is 3. The topological polar surface area (TPSA) is 50.2 Å². The second kappa shape index (κ2) is 4.77. The third kappa shape index (κ3) is 3.38. The summed E-state index contributed by atoms with van der Waals surface area (Å²) in [6.07, 6.45) is 0.911. The molecule has 1 N–H and O–H groups in total. The number of aromatic nitrogens is 2. The molecule has 0 aliphatic heterocycles. The first-order valence-corrected chi connectivity index (χ1v) is 4.38. The predicted molar refractivity (Wildman–Crippen MR) is 54.1 cm³/mol. The Kier molecular flexibility index (Phi) is 3.64. The molecule has 1 rings (SSSR count). The molecule has 0 fully saturated rings. The van der Waals surface area contributed by atoms with Crippen LogP contribution >= 0.6 is 11.6 Å². The van der Waals surface area contributed by atoms with Gasteiger partial charge < -0.3 is 0 Å². The lowest BCUT2D eigenvalue weighted by Crippen LogP contribution is -1.98. The van der Waals surface area contributed by atoms with E-state index >= 15 is 0 Å². The summed E-state index contributed by atoms with van der Waals surface area (Å²) in [5.41, 5.74) is 3.79. The summed E-state index contributed by atoms with van der Waals surface area (Å²) in [6, 6.07) is 3.38. The molecule has 0 aliphatic carbocycles. The predicted octanol–water partition coefficient (Wildman–Crippen LogP) is 2.33. The van der Waals surface area contributed by atoms with Gasteiger partial charge in [-0.2, -0.15) is 5.10 Å². The van der Waals surface area contributed by atoms with E-state index in [0.29, 0.717) is 11.0 Å². The first kappa shape index (κ1) is 9.92. The summed E-state index contributed by atoms with van der Waals surface area (Å²) in [6.45, 7) is 3.98. The fourth-order valence-electron chi connectivity index (χ4n) is 0.607. The van der Waals surface area contributed by atoms with Gasteiger partial charge in [0.2, 0.25) is 0 Å². The van der Waals surface area contributed by atoms with E-state index in [2.05, 4.69) is 20.7 Å². The second-order valence-corrected chi connectivity index (χ2v) is 2.94. The molecule has 0 atom stereocenters. The van der Waals surface area contributed by atoms with Crippen molar-refractivity contribution >= 4 is 23.1 Å². The van der Waals surface area contributed by atoms with Gasteiger partial charge >= 0.3 is 0 Å². The highest BCUT2D eigenvalue weighted by Gasteiger charge is 1.92. The third-order valence-electron chi connectivity index (χ3n) is 1.50. The summed E-state index contributed by atoms with van der Waals surface area (Å²) in [5, 5.41) is 11.9. The molecule has 0 saturated heterocycles. The highest BCUT2D eigenvalue weighted by molar-refractivity contribution is 6.29. The molecule has 0 saturated carbocycles. The number of anilines is 1. The van der Waals surface area contributed by atoms with E-state index in [0.717, 1.165) is 12.1 Å². The Morgan fingerprint density at radius 1 is 1.54 bits per heavy atom. The lowest BCUT2D eigenvalue weighted by atomic mass is 10.3. The maximum absolute atomic E-state index is 5.56. The Morgan fingerprint density at radius 3 is 2.85 bits per heavy atom. The fraction of sp³-hybridized carbons (Fsp3) is 0.375. The first-order valence-electron chi connectivity index (χ1n) is 4.00. The first-order chi connectivity index (χ1) is 6.22. The number of hydrogen-bond donors (Lipinski definition) is 1. The summed E-state index contributed by atoms with van der Waals surface area (Å²) >= 11 is 5.56. The van der Waals surface area contributed by atoms with Crippen LogP contribution in [0.1, 0.15) is 20.3 Å². The fourth-order valence-corrected chi connectivity index (χ4v) is 0.708. The van der Waals surface area contributed by atoms with E-state index < -0.39 is 0 Å². The third-order valence-corrected chi connectivity index (χ3v) is 1.71. The van der Waals surface area contributed by atoms with E-state index in [4.69, 9.17) is 11.6 Å². The molecule has 5 heteroatoms. The van der Waals surface area contributed by atoms with E-state index in [1.807, 2.05) is 13.8 Å². The molecule has 1 aromatic rings. The molecule has 0 aromatic carbocycles. The summed E-state index contributed by atoms with van der Waals surface area (Å²) in [7, 11) is 0. The Labute approximate surface area is 82.0 Å². The Hall–Kier alpha value is -1.16. The van der Waals surface area contributed by atoms with Gasteiger partial charge in [-0.3, -0.25) is 5.43 Å². The highest BCUT2D eigenvalue weighted by atomic mass is 35.5. The lowest BCUT2D eigenvalue weighted by Gasteiger charge is -1.98. The molecule has 0 unspecified atom stereocenters. The van der Waals surface area contributed by atoms with Crippen LogP contribution < -0.4 is 5.43 Å². The molecule has 1 heterocycles. The normalized spacial score (nSPS) is 11.5. The molecule has 0 amide bonds. The van der Waals surface area contributed by atoms with Crippen LogP contribution in [-0.4, -0.2) is 15.9 Å². The van der Waals surface area contributed by atoms with Gasteiger partial charge in [0.15, 0.2) is 11.0 Å². The van der Waals surface area contributed by atoms with E-state index in [1.54, 1.807) is 12.1 Å². The zero-order valence-corrected chi connectivity index (χ0v) is 8.34. The van der Waals surface area contributed by atoms with Crippen molar-refractivity contribution in [3.63, 3.8) is 0 Å². The van der Waals surface area contributed by atoms with Crippen LogP contribution in [0.5, 0.6) is 0 Å². The monoisotopic (exact) mass is 198 g/mol. The van der Waals surface area contributed by atoms with Crippen LogP contribution in [0.15, 0.2) is 17.2 Å². The van der Waals surface area contributed by atoms with Crippen molar-refractivity contribution in [3.8, 4) is 0 Å². The quantitative estimate of drug-likeness (QED) is 0.599. The molecule has 1 aromatic heterocycles. The lowest BCUT2D eigenvalue weighted by molar-refractivity contribution is 1.02. The minimum Gasteiger partial charge on any atom is -0.260 e. The minimum atomic E-state index is 0.377. The molecule has 13 heavy (non-hydrogen) atoms. The highest BCUT2D eigenvalue weighted by Crippen LogP contribution is 2.05. The largest absolute Gasteiger partial charge is 0.260 e. The van der Waals surface area contributed by atoms with E-state index in [9.17, 15) is 0 Å². The molecular formula is C8H11ClN4. The van der Waals surface area contributed by atoms with E-state index in [1.165, 1.54) is 0 Å². The average molecular weight is 199 g/mol. The van der Waals surface area contributed by atoms with Gasteiger partial charge in [-0.05, 0) is 25.5 Å². The van der Waals surface area contributed by atoms with Crippen LogP contribution in [0.25, 0.3) is 0 Å². The van der Waals surface area contributed by atoms with Crippen LogP contribution in [0.2, 0.25) is 5.15 Å². The number of rotatable bonds is 3. The Balaban J connectivity index is 2.60. The Bertz CT molecular complexity index is 294. The van der Waals surface area contributed by atoms with Gasteiger partial charge in [0, 0.05) is 5.71 Å². The minimum absolute atomic E-state index is 0.377. The van der Waals surface area contributed by atoms with Gasteiger partial charge in [-0.25, -0.2) is 0 Å². The summed E-state index contributed by atoms with van der Waals surface area (Å²) < 4.78 is 0. The maximum atomic E-state index is 5.56. The zero-order valence-electron chi connectivity index (χ0n) is 7.58.